The van der Waals surface area contributed by atoms with Gasteiger partial charge in [0.1, 0.15) is 0 Å². The normalized spacial score (nSPS) is 12.0. The number of allylic oxidation sites excluding steroid dienone is 5. The molecule has 0 radical (unpaired) electrons. The summed E-state index contributed by atoms with van der Waals surface area (Å²) in [6.45, 7) is 0.347. The SMILES string of the molecule is O=C(O)CCCCCCCCC=C/C=C\C/C=C\CCOO. The first kappa shape index (κ1) is 20.6. The van der Waals surface area contributed by atoms with Crippen LogP contribution in [0.4, 0.5) is 0 Å². The van der Waals surface area contributed by atoms with Gasteiger partial charge in [0.2, 0.25) is 0 Å². The Hall–Kier alpha value is -1.39. The van der Waals surface area contributed by atoms with Gasteiger partial charge in [0, 0.05) is 6.42 Å². The fraction of sp³-hybridized carbons (Fsp3) is 0.611. The third-order valence-corrected chi connectivity index (χ3v) is 3.21. The summed E-state index contributed by atoms with van der Waals surface area (Å²) in [5.74, 6) is -0.687. The van der Waals surface area contributed by atoms with Crippen LogP contribution in [0.25, 0.3) is 0 Å². The Morgan fingerprint density at radius 1 is 0.818 bits per heavy atom. The maximum absolute atomic E-state index is 10.3. The molecule has 2 N–H and O–H groups in total. The van der Waals surface area contributed by atoms with E-state index in [2.05, 4.69) is 29.2 Å². The Morgan fingerprint density at radius 3 is 2.23 bits per heavy atom. The van der Waals surface area contributed by atoms with Crippen LogP contribution in [0.15, 0.2) is 36.5 Å². The molecule has 0 saturated heterocycles. The summed E-state index contributed by atoms with van der Waals surface area (Å²) in [4.78, 5) is 14.3. The van der Waals surface area contributed by atoms with Gasteiger partial charge < -0.3 is 5.11 Å². The first-order valence-electron chi connectivity index (χ1n) is 8.22. The number of rotatable bonds is 15. The lowest BCUT2D eigenvalue weighted by molar-refractivity contribution is -0.240. The van der Waals surface area contributed by atoms with Crippen molar-refractivity contribution in [2.75, 3.05) is 6.61 Å². The largest absolute Gasteiger partial charge is 0.481 e. The fourth-order valence-electron chi connectivity index (χ4n) is 1.99. The summed E-state index contributed by atoms with van der Waals surface area (Å²) in [5.41, 5.74) is 0. The fourth-order valence-corrected chi connectivity index (χ4v) is 1.99. The Labute approximate surface area is 134 Å². The molecule has 0 aromatic heterocycles. The molecule has 0 fully saturated rings. The minimum Gasteiger partial charge on any atom is -0.481 e. The van der Waals surface area contributed by atoms with Crippen molar-refractivity contribution < 1.29 is 20.0 Å². The summed E-state index contributed by atoms with van der Waals surface area (Å²) in [7, 11) is 0. The maximum atomic E-state index is 10.3. The number of aliphatic carboxylic acids is 1. The molecule has 4 heteroatoms. The highest BCUT2D eigenvalue weighted by atomic mass is 17.1. The van der Waals surface area contributed by atoms with E-state index in [0.717, 1.165) is 38.5 Å². The highest BCUT2D eigenvalue weighted by Crippen LogP contribution is 2.08. The van der Waals surface area contributed by atoms with Crippen LogP contribution in [0, 0.1) is 0 Å². The van der Waals surface area contributed by atoms with Gasteiger partial charge >= 0.3 is 5.97 Å². The molecule has 0 amide bonds. The van der Waals surface area contributed by atoms with E-state index >= 15 is 0 Å². The maximum Gasteiger partial charge on any atom is 0.303 e. The second-order valence-electron chi connectivity index (χ2n) is 5.24. The van der Waals surface area contributed by atoms with Gasteiger partial charge in [-0.3, -0.25) is 10.1 Å². The lowest BCUT2D eigenvalue weighted by Gasteiger charge is -1.99. The number of carboxylic acid groups (broad SMARTS) is 1. The number of hydrogen-bond acceptors (Lipinski definition) is 3. The van der Waals surface area contributed by atoms with E-state index in [9.17, 15) is 4.79 Å². The molecule has 0 heterocycles. The third-order valence-electron chi connectivity index (χ3n) is 3.21. The Balaban J connectivity index is 3.26. The number of hydrogen-bond donors (Lipinski definition) is 2. The molecule has 22 heavy (non-hydrogen) atoms. The number of unbranched alkanes of at least 4 members (excludes halogenated alkanes) is 6. The van der Waals surface area contributed by atoms with Crippen LogP contribution in [-0.4, -0.2) is 22.9 Å². The molecule has 4 nitrogen and oxygen atoms in total. The van der Waals surface area contributed by atoms with Gasteiger partial charge in [-0.2, -0.15) is 0 Å². The summed E-state index contributed by atoms with van der Waals surface area (Å²) < 4.78 is 0. The first-order valence-corrected chi connectivity index (χ1v) is 8.22. The zero-order valence-electron chi connectivity index (χ0n) is 13.5. The predicted octanol–water partition coefficient (Wildman–Crippen LogP) is 5.13. The monoisotopic (exact) mass is 310 g/mol. The van der Waals surface area contributed by atoms with E-state index in [1.807, 2.05) is 12.2 Å². The van der Waals surface area contributed by atoms with Crippen molar-refractivity contribution in [3.8, 4) is 0 Å². The van der Waals surface area contributed by atoms with E-state index in [1.165, 1.54) is 19.3 Å². The molecule has 0 rings (SSSR count). The second-order valence-corrected chi connectivity index (χ2v) is 5.24. The van der Waals surface area contributed by atoms with Gasteiger partial charge in [-0.25, -0.2) is 4.89 Å². The van der Waals surface area contributed by atoms with Crippen molar-refractivity contribution in [3.63, 3.8) is 0 Å². The lowest BCUT2D eigenvalue weighted by Crippen LogP contribution is -1.93. The van der Waals surface area contributed by atoms with Crippen molar-refractivity contribution >= 4 is 5.97 Å². The number of carbonyl (C=O) groups is 1. The standard InChI is InChI=1S/C18H30O4/c19-18(20)16-14-12-10-8-6-4-2-1-3-5-7-9-11-13-15-17-22-21/h1,3,5,7,11,13,21H,2,4,6,8-10,12,14-17H2,(H,19,20)/b3-1?,7-5-,13-11-. The Bertz CT molecular complexity index is 332. The smallest absolute Gasteiger partial charge is 0.303 e. The quantitative estimate of drug-likeness (QED) is 0.145. The highest BCUT2D eigenvalue weighted by molar-refractivity contribution is 5.66. The highest BCUT2D eigenvalue weighted by Gasteiger charge is 1.95. The first-order chi connectivity index (χ1) is 10.8. The van der Waals surface area contributed by atoms with Crippen LogP contribution in [0.1, 0.15) is 64.2 Å². The molecule has 0 aliphatic carbocycles. The topological polar surface area (TPSA) is 66.8 Å². The van der Waals surface area contributed by atoms with Crippen LogP contribution in [0.2, 0.25) is 0 Å². The second kappa shape index (κ2) is 17.7. The van der Waals surface area contributed by atoms with Crippen molar-refractivity contribution in [3.05, 3.63) is 36.5 Å². The molecule has 0 aromatic rings. The van der Waals surface area contributed by atoms with Gasteiger partial charge in [0.15, 0.2) is 0 Å². The lowest BCUT2D eigenvalue weighted by atomic mass is 10.1. The molecular formula is C18H30O4. The van der Waals surface area contributed by atoms with Crippen LogP contribution < -0.4 is 0 Å². The molecular weight excluding hydrogens is 280 g/mol. The molecule has 0 spiro atoms. The van der Waals surface area contributed by atoms with E-state index in [-0.39, 0.29) is 0 Å². The average molecular weight is 310 g/mol. The predicted molar refractivity (Wildman–Crippen MR) is 89.8 cm³/mol. The number of carboxylic acids is 1. The summed E-state index contributed by atoms with van der Waals surface area (Å²) in [6.07, 6.45) is 22.1. The van der Waals surface area contributed by atoms with Gasteiger partial charge in [-0.15, -0.1) is 0 Å². The van der Waals surface area contributed by atoms with Crippen molar-refractivity contribution in [2.24, 2.45) is 0 Å². The molecule has 0 unspecified atom stereocenters. The van der Waals surface area contributed by atoms with Gasteiger partial charge in [-0.1, -0.05) is 62.1 Å². The average Bonchev–Trinajstić information content (AvgIpc) is 2.50. The molecule has 0 aromatic carbocycles. The van der Waals surface area contributed by atoms with Crippen molar-refractivity contribution in [1.29, 1.82) is 0 Å². The summed E-state index contributed by atoms with van der Waals surface area (Å²) in [6, 6.07) is 0. The zero-order chi connectivity index (χ0) is 16.3. The van der Waals surface area contributed by atoms with Crippen molar-refractivity contribution in [1.82, 2.24) is 0 Å². The van der Waals surface area contributed by atoms with Crippen LogP contribution >= 0.6 is 0 Å². The summed E-state index contributed by atoms with van der Waals surface area (Å²) >= 11 is 0. The Morgan fingerprint density at radius 2 is 1.50 bits per heavy atom. The third kappa shape index (κ3) is 18.6. The van der Waals surface area contributed by atoms with Crippen LogP contribution in [0.3, 0.4) is 0 Å². The van der Waals surface area contributed by atoms with Crippen molar-refractivity contribution in [2.45, 2.75) is 64.2 Å². The van der Waals surface area contributed by atoms with E-state index < -0.39 is 5.97 Å². The molecule has 0 aliphatic heterocycles. The molecule has 126 valence electrons. The van der Waals surface area contributed by atoms with Gasteiger partial charge in [0.25, 0.3) is 0 Å². The molecule has 0 atom stereocenters. The van der Waals surface area contributed by atoms with Crippen LogP contribution in [-0.2, 0) is 9.68 Å². The molecule has 0 aliphatic rings. The minimum absolute atomic E-state index is 0.305. The van der Waals surface area contributed by atoms with Gasteiger partial charge in [-0.05, 0) is 32.1 Å². The van der Waals surface area contributed by atoms with Gasteiger partial charge in [0.05, 0.1) is 6.61 Å². The molecule has 0 bridgehead atoms. The van der Waals surface area contributed by atoms with E-state index in [0.29, 0.717) is 13.0 Å². The van der Waals surface area contributed by atoms with E-state index in [4.69, 9.17) is 10.4 Å². The van der Waals surface area contributed by atoms with E-state index in [1.54, 1.807) is 0 Å². The minimum atomic E-state index is -0.687. The zero-order valence-corrected chi connectivity index (χ0v) is 13.5. The molecule has 0 saturated carbocycles. The van der Waals surface area contributed by atoms with Crippen LogP contribution in [0.5, 0.6) is 0 Å². The summed E-state index contributed by atoms with van der Waals surface area (Å²) in [5, 5.41) is 16.6. The Kier molecular flexibility index (Phi) is 16.5.